The van der Waals surface area contributed by atoms with Crippen LogP contribution < -0.4 is 10.1 Å². The highest BCUT2D eigenvalue weighted by atomic mass is 19.4. The first-order valence-electron chi connectivity index (χ1n) is 5.95. The second-order valence-corrected chi connectivity index (χ2v) is 4.23. The number of hydrogen-bond acceptors (Lipinski definition) is 3. The van der Waals surface area contributed by atoms with Crippen molar-refractivity contribution in [3.05, 3.63) is 54.0 Å². The number of carbonyl (C=O) groups excluding carboxylic acids is 1. The first kappa shape index (κ1) is 15.0. The summed E-state index contributed by atoms with van der Waals surface area (Å²) in [5.41, 5.74) is -0.0575. The molecule has 0 aliphatic carbocycles. The summed E-state index contributed by atoms with van der Waals surface area (Å²) in [6, 6.07) is 4.50. The molecular weight excluding hydrogens is 287 g/mol. The summed E-state index contributed by atoms with van der Waals surface area (Å²) in [6.45, 7) is 0. The van der Waals surface area contributed by atoms with Gasteiger partial charge in [-0.3, -0.25) is 4.79 Å². The number of amides is 1. The summed E-state index contributed by atoms with van der Waals surface area (Å²) in [6.07, 6.45) is -2.32. The molecule has 1 aromatic heterocycles. The molecule has 2 rings (SSSR count). The van der Waals surface area contributed by atoms with Crippen LogP contribution in [0.25, 0.3) is 0 Å². The summed E-state index contributed by atoms with van der Waals surface area (Å²) in [5.74, 6) is -0.428. The maximum Gasteiger partial charge on any atom is 0.412 e. The molecule has 0 aliphatic rings. The van der Waals surface area contributed by atoms with E-state index in [1.54, 1.807) is 0 Å². The Bertz CT molecular complexity index is 591. The van der Waals surface area contributed by atoms with Gasteiger partial charge in [0.05, 0.1) is 18.9 Å². The molecule has 0 radical (unpaired) electrons. The van der Waals surface area contributed by atoms with E-state index in [-0.39, 0.29) is 11.1 Å². The molecule has 0 saturated carbocycles. The molecule has 0 saturated heterocycles. The molecule has 0 fully saturated rings. The molecule has 112 valence electrons. The van der Waals surface area contributed by atoms with Crippen molar-refractivity contribution in [1.82, 2.24) is 5.32 Å². The molecule has 0 bridgehead atoms. The van der Waals surface area contributed by atoms with E-state index in [0.29, 0.717) is 5.75 Å². The Morgan fingerprint density at radius 1 is 1.24 bits per heavy atom. The molecule has 2 aromatic rings. The van der Waals surface area contributed by atoms with Gasteiger partial charge >= 0.3 is 6.18 Å². The Morgan fingerprint density at radius 3 is 2.38 bits per heavy atom. The second kappa shape index (κ2) is 5.90. The second-order valence-electron chi connectivity index (χ2n) is 4.23. The van der Waals surface area contributed by atoms with Gasteiger partial charge in [-0.15, -0.1) is 0 Å². The van der Waals surface area contributed by atoms with Crippen LogP contribution in [0.2, 0.25) is 0 Å². The molecule has 1 heterocycles. The van der Waals surface area contributed by atoms with Crippen molar-refractivity contribution < 1.29 is 27.1 Å². The number of hydrogen-bond donors (Lipinski definition) is 1. The van der Waals surface area contributed by atoms with Crippen LogP contribution in [0.15, 0.2) is 47.3 Å². The van der Waals surface area contributed by atoms with E-state index in [4.69, 9.17) is 4.74 Å². The van der Waals surface area contributed by atoms with Crippen LogP contribution in [0.3, 0.4) is 0 Å². The summed E-state index contributed by atoms with van der Waals surface area (Å²) >= 11 is 0. The van der Waals surface area contributed by atoms with Crippen molar-refractivity contribution in [3.63, 3.8) is 0 Å². The fraction of sp³-hybridized carbons (Fsp3) is 0.214. The van der Waals surface area contributed by atoms with E-state index >= 15 is 0 Å². The third-order valence-corrected chi connectivity index (χ3v) is 2.84. The SMILES string of the molecule is COc1ccc([C@H](NC(=O)c2ccoc2)C(F)(F)F)cc1. The average molecular weight is 299 g/mol. The maximum atomic E-state index is 13.1. The third kappa shape index (κ3) is 3.56. The number of rotatable bonds is 4. The predicted molar refractivity (Wildman–Crippen MR) is 68.0 cm³/mol. The van der Waals surface area contributed by atoms with Gasteiger partial charge in [-0.25, -0.2) is 0 Å². The van der Waals surface area contributed by atoms with E-state index in [1.165, 1.54) is 43.7 Å². The lowest BCUT2D eigenvalue weighted by Gasteiger charge is -2.22. The molecule has 1 atom stereocenters. The lowest BCUT2D eigenvalue weighted by molar-refractivity contribution is -0.155. The Morgan fingerprint density at radius 2 is 1.90 bits per heavy atom. The molecule has 21 heavy (non-hydrogen) atoms. The van der Waals surface area contributed by atoms with Crippen molar-refractivity contribution in [2.24, 2.45) is 0 Å². The summed E-state index contributed by atoms with van der Waals surface area (Å²) < 4.78 is 48.9. The average Bonchev–Trinajstić information content (AvgIpc) is 2.98. The zero-order valence-electron chi connectivity index (χ0n) is 11.0. The number of halogens is 3. The van der Waals surface area contributed by atoms with Crippen molar-refractivity contribution in [1.29, 1.82) is 0 Å². The monoisotopic (exact) mass is 299 g/mol. The first-order chi connectivity index (χ1) is 9.91. The molecule has 7 heteroatoms. The first-order valence-corrected chi connectivity index (χ1v) is 5.95. The molecule has 0 spiro atoms. The summed E-state index contributed by atoms with van der Waals surface area (Å²) in [4.78, 5) is 11.8. The van der Waals surface area contributed by atoms with Gasteiger partial charge < -0.3 is 14.5 Å². The minimum absolute atomic E-state index is 0.0257. The zero-order valence-corrected chi connectivity index (χ0v) is 11.0. The van der Waals surface area contributed by atoms with Crippen LogP contribution >= 0.6 is 0 Å². The van der Waals surface area contributed by atoms with E-state index in [2.05, 4.69) is 4.42 Å². The fourth-order valence-electron chi connectivity index (χ4n) is 1.76. The van der Waals surface area contributed by atoms with E-state index < -0.39 is 18.1 Å². The number of nitrogens with one attached hydrogen (secondary N) is 1. The number of benzene rings is 1. The van der Waals surface area contributed by atoms with Gasteiger partial charge in [-0.1, -0.05) is 12.1 Å². The molecule has 0 aliphatic heterocycles. The van der Waals surface area contributed by atoms with Gasteiger partial charge in [0.1, 0.15) is 12.0 Å². The molecule has 1 N–H and O–H groups in total. The number of ether oxygens (including phenoxy) is 1. The van der Waals surface area contributed by atoms with Gasteiger partial charge in [0, 0.05) is 0 Å². The molecular formula is C14H12F3NO3. The molecule has 1 amide bonds. The Balaban J connectivity index is 2.24. The summed E-state index contributed by atoms with van der Waals surface area (Å²) in [7, 11) is 1.41. The Labute approximate surface area is 118 Å². The van der Waals surface area contributed by atoms with Gasteiger partial charge in [0.15, 0.2) is 6.04 Å². The standard InChI is InChI=1S/C14H12F3NO3/c1-20-11-4-2-9(3-5-11)12(14(15,16)17)18-13(19)10-6-7-21-8-10/h2-8,12H,1H3,(H,18,19)/t12-/m0/s1. The highest BCUT2D eigenvalue weighted by molar-refractivity contribution is 5.94. The van der Waals surface area contributed by atoms with Crippen molar-refractivity contribution in [3.8, 4) is 5.75 Å². The quantitative estimate of drug-likeness (QED) is 0.942. The summed E-state index contributed by atoms with van der Waals surface area (Å²) in [5, 5.41) is 1.95. The van der Waals surface area contributed by atoms with Crippen LogP contribution in [0.5, 0.6) is 5.75 Å². The van der Waals surface area contributed by atoms with E-state index in [0.717, 1.165) is 6.26 Å². The van der Waals surface area contributed by atoms with E-state index in [1.807, 2.05) is 5.32 Å². The lowest BCUT2D eigenvalue weighted by atomic mass is 10.1. The largest absolute Gasteiger partial charge is 0.497 e. The number of methoxy groups -OCH3 is 1. The number of furan rings is 1. The van der Waals surface area contributed by atoms with Gasteiger partial charge in [0.2, 0.25) is 0 Å². The lowest BCUT2D eigenvalue weighted by Crippen LogP contribution is -2.38. The Hall–Kier alpha value is -2.44. The van der Waals surface area contributed by atoms with Crippen LogP contribution in [0.1, 0.15) is 22.0 Å². The van der Waals surface area contributed by atoms with Crippen LogP contribution in [-0.2, 0) is 0 Å². The fourth-order valence-corrected chi connectivity index (χ4v) is 1.76. The smallest absolute Gasteiger partial charge is 0.412 e. The topological polar surface area (TPSA) is 51.5 Å². The Kier molecular flexibility index (Phi) is 4.21. The third-order valence-electron chi connectivity index (χ3n) is 2.84. The van der Waals surface area contributed by atoms with Crippen LogP contribution in [-0.4, -0.2) is 19.2 Å². The minimum atomic E-state index is -4.62. The predicted octanol–water partition coefficient (Wildman–Crippen LogP) is 3.32. The molecule has 0 unspecified atom stereocenters. The normalized spacial score (nSPS) is 12.8. The molecule has 1 aromatic carbocycles. The van der Waals surface area contributed by atoms with Crippen molar-refractivity contribution in [2.75, 3.05) is 7.11 Å². The van der Waals surface area contributed by atoms with E-state index in [9.17, 15) is 18.0 Å². The number of carbonyl (C=O) groups is 1. The zero-order chi connectivity index (χ0) is 15.5. The minimum Gasteiger partial charge on any atom is -0.497 e. The highest BCUT2D eigenvalue weighted by Crippen LogP contribution is 2.33. The molecule has 4 nitrogen and oxygen atoms in total. The van der Waals surface area contributed by atoms with Crippen molar-refractivity contribution >= 4 is 5.91 Å². The van der Waals surface area contributed by atoms with Gasteiger partial charge in [-0.2, -0.15) is 13.2 Å². The van der Waals surface area contributed by atoms with Gasteiger partial charge in [-0.05, 0) is 23.8 Å². The highest BCUT2D eigenvalue weighted by Gasteiger charge is 2.42. The maximum absolute atomic E-state index is 13.1. The number of alkyl halides is 3. The van der Waals surface area contributed by atoms with Gasteiger partial charge in [0.25, 0.3) is 5.91 Å². The van der Waals surface area contributed by atoms with Crippen molar-refractivity contribution in [2.45, 2.75) is 12.2 Å². The van der Waals surface area contributed by atoms with Crippen LogP contribution in [0.4, 0.5) is 13.2 Å². The van der Waals surface area contributed by atoms with Crippen LogP contribution in [0, 0.1) is 0 Å².